The Balaban J connectivity index is 1.80. The third kappa shape index (κ3) is 4.82. The van der Waals surface area contributed by atoms with Crippen molar-refractivity contribution >= 4 is 38.2 Å². The van der Waals surface area contributed by atoms with Gasteiger partial charge in [0.1, 0.15) is 5.00 Å². The van der Waals surface area contributed by atoms with Crippen LogP contribution in [0.1, 0.15) is 45.0 Å². The van der Waals surface area contributed by atoms with Crippen molar-refractivity contribution in [3.63, 3.8) is 0 Å². The smallest absolute Gasteiger partial charge is 0.341 e. The van der Waals surface area contributed by atoms with E-state index in [0.717, 1.165) is 10.4 Å². The maximum atomic E-state index is 13.0. The summed E-state index contributed by atoms with van der Waals surface area (Å²) < 4.78 is 37.8. The maximum absolute atomic E-state index is 13.0. The first-order valence-electron chi connectivity index (χ1n) is 9.80. The standard InChI is InChI=1S/C21H26N2O6S2/c1-12-10-23(11-13(2)29-12)31(26,27)17-8-6-16(7-9-17)19(24)22-20-18(21(25)28-5)14(3)15(4)30-20/h6-9,12-13H,10-11H2,1-5H3,(H,22,24). The number of amides is 1. The molecule has 1 N–H and O–H groups in total. The summed E-state index contributed by atoms with van der Waals surface area (Å²) in [6.07, 6.45) is -0.379. The molecule has 3 rings (SSSR count). The number of benzene rings is 1. The molecule has 1 aromatic heterocycles. The number of nitrogens with one attached hydrogen (secondary N) is 1. The van der Waals surface area contributed by atoms with Gasteiger partial charge in [-0.3, -0.25) is 4.79 Å². The van der Waals surface area contributed by atoms with Crippen molar-refractivity contribution in [2.75, 3.05) is 25.5 Å². The van der Waals surface area contributed by atoms with Crippen molar-refractivity contribution in [3.05, 3.63) is 45.8 Å². The van der Waals surface area contributed by atoms with E-state index in [1.807, 2.05) is 20.8 Å². The molecule has 0 aliphatic carbocycles. The third-order valence-corrected chi connectivity index (χ3v) is 8.11. The number of aryl methyl sites for hydroxylation is 1. The van der Waals surface area contributed by atoms with Crippen LogP contribution in [-0.2, 0) is 19.5 Å². The first-order chi connectivity index (χ1) is 14.5. The summed E-state index contributed by atoms with van der Waals surface area (Å²) in [5.41, 5.74) is 1.36. The molecule has 0 spiro atoms. The zero-order chi connectivity index (χ0) is 22.9. The van der Waals surface area contributed by atoms with Crippen molar-refractivity contribution in [1.82, 2.24) is 4.31 Å². The summed E-state index contributed by atoms with van der Waals surface area (Å²) in [5.74, 6) is -0.962. The van der Waals surface area contributed by atoms with E-state index in [0.29, 0.717) is 10.6 Å². The van der Waals surface area contributed by atoms with Gasteiger partial charge >= 0.3 is 5.97 Å². The Kier molecular flexibility index (Phi) is 6.85. The molecule has 8 nitrogen and oxygen atoms in total. The van der Waals surface area contributed by atoms with Crippen molar-refractivity contribution in [2.45, 2.75) is 44.8 Å². The van der Waals surface area contributed by atoms with Crippen molar-refractivity contribution in [1.29, 1.82) is 0 Å². The predicted molar refractivity (Wildman–Crippen MR) is 118 cm³/mol. The molecule has 1 amide bonds. The number of rotatable bonds is 5. The van der Waals surface area contributed by atoms with E-state index < -0.39 is 21.9 Å². The Hall–Kier alpha value is -2.27. The van der Waals surface area contributed by atoms with Gasteiger partial charge in [-0.15, -0.1) is 11.3 Å². The SMILES string of the molecule is COC(=O)c1c(NC(=O)c2ccc(S(=O)(=O)N3CC(C)OC(C)C3)cc2)sc(C)c1C. The van der Waals surface area contributed by atoms with Crippen LogP contribution >= 0.6 is 11.3 Å². The number of thiophene rings is 1. The highest BCUT2D eigenvalue weighted by Crippen LogP contribution is 2.33. The van der Waals surface area contributed by atoms with Gasteiger partial charge in [-0.2, -0.15) is 4.31 Å². The Morgan fingerprint density at radius 2 is 1.71 bits per heavy atom. The number of methoxy groups -OCH3 is 1. The highest BCUT2D eigenvalue weighted by atomic mass is 32.2. The van der Waals surface area contributed by atoms with Gasteiger partial charge in [0.2, 0.25) is 10.0 Å². The molecule has 0 saturated carbocycles. The lowest BCUT2D eigenvalue weighted by Gasteiger charge is -2.34. The van der Waals surface area contributed by atoms with Gasteiger partial charge in [0, 0.05) is 23.5 Å². The molecule has 1 aliphatic heterocycles. The number of esters is 1. The highest BCUT2D eigenvalue weighted by Gasteiger charge is 2.32. The lowest BCUT2D eigenvalue weighted by Crippen LogP contribution is -2.48. The van der Waals surface area contributed by atoms with E-state index in [9.17, 15) is 18.0 Å². The molecular formula is C21H26N2O6S2. The van der Waals surface area contributed by atoms with Gasteiger partial charge in [-0.1, -0.05) is 0 Å². The van der Waals surface area contributed by atoms with E-state index in [2.05, 4.69) is 5.32 Å². The predicted octanol–water partition coefficient (Wildman–Crippen LogP) is 3.20. The summed E-state index contributed by atoms with van der Waals surface area (Å²) in [7, 11) is -2.40. The molecule has 2 heterocycles. The average Bonchev–Trinajstić information content (AvgIpc) is 3.00. The second-order valence-corrected chi connectivity index (χ2v) is 10.7. The number of hydrogen-bond donors (Lipinski definition) is 1. The number of anilines is 1. The van der Waals surface area contributed by atoms with Gasteiger partial charge in [0.25, 0.3) is 5.91 Å². The van der Waals surface area contributed by atoms with E-state index in [1.54, 1.807) is 6.92 Å². The minimum absolute atomic E-state index is 0.114. The lowest BCUT2D eigenvalue weighted by molar-refractivity contribution is -0.0440. The van der Waals surface area contributed by atoms with Crippen LogP contribution in [0.2, 0.25) is 0 Å². The zero-order valence-electron chi connectivity index (χ0n) is 18.1. The minimum atomic E-state index is -3.69. The minimum Gasteiger partial charge on any atom is -0.465 e. The average molecular weight is 467 g/mol. The molecule has 31 heavy (non-hydrogen) atoms. The number of nitrogens with zero attached hydrogens (tertiary/aromatic N) is 1. The molecular weight excluding hydrogens is 440 g/mol. The zero-order valence-corrected chi connectivity index (χ0v) is 19.7. The first-order valence-corrected chi connectivity index (χ1v) is 12.1. The third-order valence-electron chi connectivity index (χ3n) is 5.14. The highest BCUT2D eigenvalue weighted by molar-refractivity contribution is 7.89. The van der Waals surface area contributed by atoms with Gasteiger partial charge < -0.3 is 14.8 Å². The monoisotopic (exact) mass is 466 g/mol. The second-order valence-electron chi connectivity index (χ2n) is 7.54. The van der Waals surface area contributed by atoms with E-state index in [-0.39, 0.29) is 35.8 Å². The fourth-order valence-electron chi connectivity index (χ4n) is 3.49. The van der Waals surface area contributed by atoms with Crippen LogP contribution in [0.25, 0.3) is 0 Å². The number of hydrogen-bond acceptors (Lipinski definition) is 7. The summed E-state index contributed by atoms with van der Waals surface area (Å²) in [6, 6.07) is 5.75. The number of carbonyl (C=O) groups is 2. The van der Waals surface area contributed by atoms with Crippen molar-refractivity contribution < 1.29 is 27.5 Å². The molecule has 1 fully saturated rings. The molecule has 1 saturated heterocycles. The molecule has 0 radical (unpaired) electrons. The van der Waals surface area contributed by atoms with Crippen LogP contribution in [0, 0.1) is 13.8 Å². The van der Waals surface area contributed by atoms with Crippen LogP contribution in [0.5, 0.6) is 0 Å². The normalized spacial score (nSPS) is 19.8. The Morgan fingerprint density at radius 3 is 2.26 bits per heavy atom. The number of morpholine rings is 1. The van der Waals surface area contributed by atoms with Crippen LogP contribution in [0.3, 0.4) is 0 Å². The topological polar surface area (TPSA) is 102 Å². The largest absolute Gasteiger partial charge is 0.465 e. The second kappa shape index (κ2) is 9.07. The number of sulfonamides is 1. The van der Waals surface area contributed by atoms with Gasteiger partial charge in [0.05, 0.1) is 29.8 Å². The Bertz CT molecular complexity index is 1080. The fourth-order valence-corrected chi connectivity index (χ4v) is 6.13. The summed E-state index contributed by atoms with van der Waals surface area (Å²) in [5, 5.41) is 3.14. The maximum Gasteiger partial charge on any atom is 0.341 e. The van der Waals surface area contributed by atoms with E-state index in [1.165, 1.54) is 47.0 Å². The van der Waals surface area contributed by atoms with Gasteiger partial charge in [-0.25, -0.2) is 13.2 Å². The van der Waals surface area contributed by atoms with Crippen molar-refractivity contribution in [3.8, 4) is 0 Å². The molecule has 1 aromatic carbocycles. The molecule has 10 heteroatoms. The molecule has 0 bridgehead atoms. The summed E-state index contributed by atoms with van der Waals surface area (Å²) in [4.78, 5) is 25.8. The summed E-state index contributed by atoms with van der Waals surface area (Å²) >= 11 is 1.29. The number of ether oxygens (including phenoxy) is 2. The van der Waals surface area contributed by atoms with Crippen LogP contribution < -0.4 is 5.32 Å². The van der Waals surface area contributed by atoms with Crippen molar-refractivity contribution in [2.24, 2.45) is 0 Å². The van der Waals surface area contributed by atoms with Crippen LogP contribution in [0.4, 0.5) is 5.00 Å². The molecule has 2 atom stereocenters. The first kappa shape index (κ1) is 23.4. The lowest BCUT2D eigenvalue weighted by atomic mass is 10.1. The van der Waals surface area contributed by atoms with Gasteiger partial charge in [0.15, 0.2) is 0 Å². The fraction of sp³-hybridized carbons (Fsp3) is 0.429. The van der Waals surface area contributed by atoms with Crippen LogP contribution in [0.15, 0.2) is 29.2 Å². The quantitative estimate of drug-likeness (QED) is 0.679. The Morgan fingerprint density at radius 1 is 1.13 bits per heavy atom. The van der Waals surface area contributed by atoms with E-state index >= 15 is 0 Å². The Labute approximate surface area is 186 Å². The molecule has 2 aromatic rings. The summed E-state index contributed by atoms with van der Waals surface area (Å²) in [6.45, 7) is 7.88. The van der Waals surface area contributed by atoms with Crippen LogP contribution in [-0.4, -0.2) is 57.0 Å². The molecule has 1 aliphatic rings. The number of carbonyl (C=O) groups excluding carboxylic acids is 2. The molecule has 168 valence electrons. The van der Waals surface area contributed by atoms with E-state index in [4.69, 9.17) is 9.47 Å². The van der Waals surface area contributed by atoms with Gasteiger partial charge in [-0.05, 0) is 57.5 Å². The molecule has 2 unspecified atom stereocenters.